The molecule has 2 rings (SSSR count). The minimum Gasteiger partial charge on any atom is -0.383 e. The average Bonchev–Trinajstić information content (AvgIpc) is 2.41. The molecule has 0 radical (unpaired) electrons. The molecule has 0 saturated carbocycles. The number of hydrogen-bond acceptors (Lipinski definition) is 1. The van der Waals surface area contributed by atoms with Gasteiger partial charge in [0.15, 0.2) is 0 Å². The summed E-state index contributed by atoms with van der Waals surface area (Å²) < 4.78 is 1.04. The van der Waals surface area contributed by atoms with Gasteiger partial charge in [-0.05, 0) is 36.2 Å². The summed E-state index contributed by atoms with van der Waals surface area (Å²) in [4.78, 5) is 4.45. The maximum atomic E-state index is 6.08. The van der Waals surface area contributed by atoms with Gasteiger partial charge in [-0.15, -0.1) is 0 Å². The molecule has 2 N–H and O–H groups in total. The zero-order valence-corrected chi connectivity index (χ0v) is 11.8. The molecule has 0 aliphatic heterocycles. The fourth-order valence-corrected chi connectivity index (χ4v) is 2.06. The molecule has 0 bridgehead atoms. The van der Waals surface area contributed by atoms with Crippen molar-refractivity contribution >= 4 is 27.5 Å². The first-order chi connectivity index (χ1) is 8.70. The molecule has 0 saturated heterocycles. The lowest BCUT2D eigenvalue weighted by Gasteiger charge is -2.06. The zero-order valence-electron chi connectivity index (χ0n) is 10.2. The summed E-state index contributed by atoms with van der Waals surface area (Å²) >= 11 is 3.40. The van der Waals surface area contributed by atoms with Crippen LogP contribution in [-0.2, 0) is 6.42 Å². The van der Waals surface area contributed by atoms with Crippen LogP contribution in [0.4, 0.5) is 5.69 Å². The van der Waals surface area contributed by atoms with Crippen LogP contribution >= 0.6 is 15.9 Å². The predicted octanol–water partition coefficient (Wildman–Crippen LogP) is 4.05. The number of halogens is 1. The molecule has 0 aliphatic carbocycles. The average molecular weight is 303 g/mol. The molecule has 92 valence electrons. The standard InChI is InChI=1S/C15H15BrN2/c1-2-11-5-3-4-6-14(11)15(17)18-13-9-7-12(16)8-10-13/h3-10H,2H2,1H3,(H2,17,18). The number of benzene rings is 2. The highest BCUT2D eigenvalue weighted by Gasteiger charge is 2.03. The second-order valence-corrected chi connectivity index (χ2v) is 4.90. The number of nitrogens with zero attached hydrogens (tertiary/aromatic N) is 1. The van der Waals surface area contributed by atoms with Gasteiger partial charge in [-0.3, -0.25) is 0 Å². The highest BCUT2D eigenvalue weighted by Crippen LogP contribution is 2.18. The van der Waals surface area contributed by atoms with Crippen molar-refractivity contribution in [3.63, 3.8) is 0 Å². The fourth-order valence-electron chi connectivity index (χ4n) is 1.79. The van der Waals surface area contributed by atoms with Crippen molar-refractivity contribution in [2.45, 2.75) is 13.3 Å². The topological polar surface area (TPSA) is 38.4 Å². The molecule has 18 heavy (non-hydrogen) atoms. The van der Waals surface area contributed by atoms with Crippen molar-refractivity contribution in [3.8, 4) is 0 Å². The smallest absolute Gasteiger partial charge is 0.131 e. The van der Waals surface area contributed by atoms with Crippen molar-refractivity contribution in [1.29, 1.82) is 0 Å². The van der Waals surface area contributed by atoms with Crippen molar-refractivity contribution in [3.05, 3.63) is 64.1 Å². The van der Waals surface area contributed by atoms with Crippen LogP contribution in [0.25, 0.3) is 0 Å². The molecular weight excluding hydrogens is 288 g/mol. The minimum atomic E-state index is 0.565. The summed E-state index contributed by atoms with van der Waals surface area (Å²) in [5.41, 5.74) is 9.18. The lowest BCUT2D eigenvalue weighted by Crippen LogP contribution is -2.15. The Bertz CT molecular complexity index is 559. The van der Waals surface area contributed by atoms with Crippen LogP contribution in [0, 0.1) is 0 Å². The highest BCUT2D eigenvalue weighted by atomic mass is 79.9. The van der Waals surface area contributed by atoms with E-state index < -0.39 is 0 Å². The number of nitrogens with two attached hydrogens (primary N) is 1. The van der Waals surface area contributed by atoms with E-state index in [0.717, 1.165) is 22.1 Å². The second-order valence-electron chi connectivity index (χ2n) is 3.98. The minimum absolute atomic E-state index is 0.565. The van der Waals surface area contributed by atoms with Gasteiger partial charge in [0.1, 0.15) is 5.84 Å². The molecule has 0 aliphatic rings. The number of aryl methyl sites for hydroxylation is 1. The Morgan fingerprint density at radius 2 is 1.78 bits per heavy atom. The lowest BCUT2D eigenvalue weighted by molar-refractivity contribution is 1.13. The van der Waals surface area contributed by atoms with Crippen molar-refractivity contribution in [2.75, 3.05) is 0 Å². The van der Waals surface area contributed by atoms with Crippen LogP contribution in [0.5, 0.6) is 0 Å². The van der Waals surface area contributed by atoms with E-state index >= 15 is 0 Å². The second kappa shape index (κ2) is 5.83. The summed E-state index contributed by atoms with van der Waals surface area (Å²) in [6.45, 7) is 2.12. The van der Waals surface area contributed by atoms with Gasteiger partial charge in [0, 0.05) is 10.0 Å². The Morgan fingerprint density at radius 1 is 1.11 bits per heavy atom. The van der Waals surface area contributed by atoms with Gasteiger partial charge in [0.05, 0.1) is 5.69 Å². The molecule has 2 nitrogen and oxygen atoms in total. The Morgan fingerprint density at radius 3 is 2.44 bits per heavy atom. The first kappa shape index (κ1) is 12.8. The highest BCUT2D eigenvalue weighted by molar-refractivity contribution is 9.10. The van der Waals surface area contributed by atoms with Gasteiger partial charge in [-0.25, -0.2) is 4.99 Å². The van der Waals surface area contributed by atoms with Gasteiger partial charge in [-0.2, -0.15) is 0 Å². The van der Waals surface area contributed by atoms with E-state index in [9.17, 15) is 0 Å². The van der Waals surface area contributed by atoms with E-state index in [1.807, 2.05) is 42.5 Å². The molecule has 2 aromatic rings. The fraction of sp³-hybridized carbons (Fsp3) is 0.133. The Balaban J connectivity index is 2.35. The third kappa shape index (κ3) is 2.99. The molecule has 3 heteroatoms. The first-order valence-electron chi connectivity index (χ1n) is 5.88. The molecule has 0 spiro atoms. The largest absolute Gasteiger partial charge is 0.383 e. The van der Waals surface area contributed by atoms with Crippen LogP contribution in [-0.4, -0.2) is 5.84 Å². The quantitative estimate of drug-likeness (QED) is 0.674. The number of aliphatic imine (C=N–C) groups is 1. The van der Waals surface area contributed by atoms with Crippen molar-refractivity contribution in [2.24, 2.45) is 10.7 Å². The molecule has 0 fully saturated rings. The SMILES string of the molecule is CCc1ccccc1C(N)=Nc1ccc(Br)cc1. The molecular formula is C15H15BrN2. The Kier molecular flexibility index (Phi) is 4.15. The molecule has 2 aromatic carbocycles. The van der Waals surface area contributed by atoms with Gasteiger partial charge in [0.2, 0.25) is 0 Å². The van der Waals surface area contributed by atoms with Crippen LogP contribution in [0.15, 0.2) is 58.0 Å². The maximum Gasteiger partial charge on any atom is 0.131 e. The summed E-state index contributed by atoms with van der Waals surface area (Å²) in [6, 6.07) is 15.9. The van der Waals surface area contributed by atoms with Gasteiger partial charge in [-0.1, -0.05) is 47.1 Å². The summed E-state index contributed by atoms with van der Waals surface area (Å²) in [5.74, 6) is 0.565. The van der Waals surface area contributed by atoms with E-state index in [0.29, 0.717) is 5.84 Å². The molecule has 0 amide bonds. The van der Waals surface area contributed by atoms with Crippen molar-refractivity contribution < 1.29 is 0 Å². The predicted molar refractivity (Wildman–Crippen MR) is 80.3 cm³/mol. The first-order valence-corrected chi connectivity index (χ1v) is 6.68. The third-order valence-electron chi connectivity index (χ3n) is 2.75. The summed E-state index contributed by atoms with van der Waals surface area (Å²) in [7, 11) is 0. The van der Waals surface area contributed by atoms with Gasteiger partial charge >= 0.3 is 0 Å². The van der Waals surface area contributed by atoms with Crippen molar-refractivity contribution in [1.82, 2.24) is 0 Å². The summed E-state index contributed by atoms with van der Waals surface area (Å²) in [5, 5.41) is 0. The number of rotatable bonds is 3. The maximum absolute atomic E-state index is 6.08. The number of hydrogen-bond donors (Lipinski definition) is 1. The molecule has 0 heterocycles. The van der Waals surface area contributed by atoms with Gasteiger partial charge in [0.25, 0.3) is 0 Å². The normalized spacial score (nSPS) is 11.6. The zero-order chi connectivity index (χ0) is 13.0. The van der Waals surface area contributed by atoms with E-state index in [1.54, 1.807) is 0 Å². The van der Waals surface area contributed by atoms with E-state index in [2.05, 4.69) is 33.9 Å². The Labute approximate surface area is 116 Å². The monoisotopic (exact) mass is 302 g/mol. The van der Waals surface area contributed by atoms with Crippen LogP contribution in [0.3, 0.4) is 0 Å². The van der Waals surface area contributed by atoms with E-state index in [4.69, 9.17) is 5.73 Å². The van der Waals surface area contributed by atoms with Crippen LogP contribution < -0.4 is 5.73 Å². The van der Waals surface area contributed by atoms with Gasteiger partial charge < -0.3 is 5.73 Å². The molecule has 0 aromatic heterocycles. The van der Waals surface area contributed by atoms with E-state index in [1.165, 1.54) is 5.56 Å². The Hall–Kier alpha value is -1.61. The van der Waals surface area contributed by atoms with Crippen LogP contribution in [0.2, 0.25) is 0 Å². The lowest BCUT2D eigenvalue weighted by atomic mass is 10.0. The summed E-state index contributed by atoms with van der Waals surface area (Å²) in [6.07, 6.45) is 0.951. The molecule has 0 unspecified atom stereocenters. The third-order valence-corrected chi connectivity index (χ3v) is 3.28. The van der Waals surface area contributed by atoms with Crippen LogP contribution in [0.1, 0.15) is 18.1 Å². The molecule has 0 atom stereocenters. The number of amidine groups is 1. The van der Waals surface area contributed by atoms with E-state index in [-0.39, 0.29) is 0 Å².